The highest BCUT2D eigenvalue weighted by Gasteiger charge is 2.19. The Bertz CT molecular complexity index is 571. The van der Waals surface area contributed by atoms with E-state index in [2.05, 4.69) is 31.9 Å². The number of rotatable bonds is 3. The molecule has 6 heteroatoms. The van der Waals surface area contributed by atoms with Crippen LogP contribution < -0.4 is 4.74 Å². The fourth-order valence-corrected chi connectivity index (χ4v) is 5.02. The largest absolute Gasteiger partial charge is 0.495 e. The van der Waals surface area contributed by atoms with Crippen LogP contribution in [0.15, 0.2) is 28.1 Å². The normalized spacial score (nSPS) is 12.5. The monoisotopic (exact) mass is 428 g/mol. The van der Waals surface area contributed by atoms with E-state index in [1.54, 1.807) is 24.5 Å². The lowest BCUT2D eigenvalue weighted by atomic mass is 10.1. The molecule has 96 valence electrons. The zero-order valence-electron chi connectivity index (χ0n) is 9.22. The number of hydrogen-bond acceptors (Lipinski definition) is 2. The van der Waals surface area contributed by atoms with E-state index >= 15 is 0 Å². The van der Waals surface area contributed by atoms with Gasteiger partial charge in [0, 0.05) is 20.4 Å². The number of thiophene rings is 1. The predicted octanol–water partition coefficient (Wildman–Crippen LogP) is 6.31. The van der Waals surface area contributed by atoms with E-state index in [9.17, 15) is 0 Å². The molecular formula is C12H8Br2Cl2OS. The van der Waals surface area contributed by atoms with Gasteiger partial charge in [-0.2, -0.15) is 0 Å². The van der Waals surface area contributed by atoms with Crippen LogP contribution in [0.4, 0.5) is 0 Å². The average Bonchev–Trinajstić information content (AvgIpc) is 2.77. The Kier molecular flexibility index (Phi) is 5.00. The van der Waals surface area contributed by atoms with Crippen LogP contribution in [0.2, 0.25) is 10.0 Å². The van der Waals surface area contributed by atoms with Crippen LogP contribution in [-0.2, 0) is 0 Å². The Morgan fingerprint density at radius 3 is 2.56 bits per heavy atom. The Morgan fingerprint density at radius 1 is 1.28 bits per heavy atom. The number of benzene rings is 1. The molecule has 0 amide bonds. The third kappa shape index (κ3) is 2.88. The molecule has 1 atom stereocenters. The molecule has 0 aliphatic rings. The topological polar surface area (TPSA) is 9.23 Å². The van der Waals surface area contributed by atoms with Crippen molar-refractivity contribution in [2.45, 2.75) is 4.83 Å². The van der Waals surface area contributed by atoms with Gasteiger partial charge in [-0.1, -0.05) is 39.1 Å². The Hall–Kier alpha value is 0.260. The zero-order chi connectivity index (χ0) is 13.3. The van der Waals surface area contributed by atoms with Crippen molar-refractivity contribution in [2.24, 2.45) is 0 Å². The van der Waals surface area contributed by atoms with Crippen LogP contribution in [0, 0.1) is 0 Å². The molecule has 2 aromatic rings. The molecule has 2 rings (SSSR count). The summed E-state index contributed by atoms with van der Waals surface area (Å²) in [6.45, 7) is 0. The fraction of sp³-hybridized carbons (Fsp3) is 0.167. The quantitative estimate of drug-likeness (QED) is 0.518. The fourth-order valence-electron chi connectivity index (χ4n) is 1.52. The van der Waals surface area contributed by atoms with E-state index in [1.807, 2.05) is 17.5 Å². The summed E-state index contributed by atoms with van der Waals surface area (Å²) in [5.74, 6) is 0.579. The molecule has 18 heavy (non-hydrogen) atoms. The van der Waals surface area contributed by atoms with Crippen molar-refractivity contribution in [3.63, 3.8) is 0 Å². The smallest absolute Gasteiger partial charge is 0.138 e. The molecule has 0 N–H and O–H groups in total. The molecular weight excluding hydrogens is 423 g/mol. The number of halogens is 4. The molecule has 0 fully saturated rings. The first kappa shape index (κ1) is 14.7. The second-order valence-electron chi connectivity index (χ2n) is 3.50. The summed E-state index contributed by atoms with van der Waals surface area (Å²) in [5, 5.41) is 3.19. The molecule has 0 bridgehead atoms. The maximum atomic E-state index is 6.26. The summed E-state index contributed by atoms with van der Waals surface area (Å²) in [7, 11) is 1.57. The molecule has 1 aromatic carbocycles. The molecule has 1 nitrogen and oxygen atoms in total. The van der Waals surface area contributed by atoms with E-state index in [-0.39, 0.29) is 4.83 Å². The minimum Gasteiger partial charge on any atom is -0.495 e. The first-order chi connectivity index (χ1) is 8.54. The van der Waals surface area contributed by atoms with Gasteiger partial charge in [0.15, 0.2) is 0 Å². The van der Waals surface area contributed by atoms with Crippen LogP contribution in [0.5, 0.6) is 5.75 Å². The van der Waals surface area contributed by atoms with Gasteiger partial charge in [-0.15, -0.1) is 11.3 Å². The summed E-state index contributed by atoms with van der Waals surface area (Å²) in [4.78, 5) is 1.15. The highest BCUT2D eigenvalue weighted by Crippen LogP contribution is 2.43. The lowest BCUT2D eigenvalue weighted by Gasteiger charge is -2.13. The van der Waals surface area contributed by atoms with Crippen LogP contribution in [-0.4, -0.2) is 7.11 Å². The van der Waals surface area contributed by atoms with E-state index in [4.69, 9.17) is 27.9 Å². The van der Waals surface area contributed by atoms with E-state index in [1.165, 1.54) is 0 Å². The predicted molar refractivity (Wildman–Crippen MR) is 85.8 cm³/mol. The van der Waals surface area contributed by atoms with Crippen LogP contribution >= 0.6 is 66.4 Å². The second-order valence-corrected chi connectivity index (χ2v) is 7.04. The van der Waals surface area contributed by atoms with E-state index in [0.29, 0.717) is 15.8 Å². The van der Waals surface area contributed by atoms with Crippen molar-refractivity contribution in [2.75, 3.05) is 7.11 Å². The van der Waals surface area contributed by atoms with Gasteiger partial charge in [0.2, 0.25) is 0 Å². The van der Waals surface area contributed by atoms with Crippen molar-refractivity contribution in [3.8, 4) is 5.75 Å². The van der Waals surface area contributed by atoms with Crippen molar-refractivity contribution in [1.29, 1.82) is 0 Å². The molecule has 0 saturated carbocycles. The maximum absolute atomic E-state index is 6.26. The van der Waals surface area contributed by atoms with Crippen LogP contribution in [0.25, 0.3) is 0 Å². The molecule has 0 aliphatic carbocycles. The number of alkyl halides is 1. The average molecular weight is 431 g/mol. The standard InChI is InChI=1S/C12H8Br2Cl2OS/c1-17-10-5-8(15)6(4-9(10)16)11(14)12-7(13)2-3-18-12/h2-5,11H,1H3. The Balaban J connectivity index is 2.46. The lowest BCUT2D eigenvalue weighted by molar-refractivity contribution is 0.415. The Morgan fingerprint density at radius 2 is 2.00 bits per heavy atom. The number of methoxy groups -OCH3 is 1. The number of ether oxygens (including phenoxy) is 1. The van der Waals surface area contributed by atoms with Crippen molar-refractivity contribution >= 4 is 66.4 Å². The van der Waals surface area contributed by atoms with Crippen LogP contribution in [0.1, 0.15) is 15.3 Å². The molecule has 1 unspecified atom stereocenters. The summed E-state index contributed by atoms with van der Waals surface area (Å²) >= 11 is 21.2. The van der Waals surface area contributed by atoms with Gasteiger partial charge in [-0.25, -0.2) is 0 Å². The molecule has 1 heterocycles. The van der Waals surface area contributed by atoms with Gasteiger partial charge >= 0.3 is 0 Å². The minimum absolute atomic E-state index is 0.00258. The van der Waals surface area contributed by atoms with Gasteiger partial charge < -0.3 is 4.74 Å². The van der Waals surface area contributed by atoms with Gasteiger partial charge in [0.1, 0.15) is 5.75 Å². The van der Waals surface area contributed by atoms with Crippen LogP contribution in [0.3, 0.4) is 0 Å². The highest BCUT2D eigenvalue weighted by atomic mass is 79.9. The van der Waals surface area contributed by atoms with Crippen molar-refractivity contribution < 1.29 is 4.74 Å². The van der Waals surface area contributed by atoms with Crippen molar-refractivity contribution in [1.82, 2.24) is 0 Å². The first-order valence-corrected chi connectivity index (χ1v) is 8.29. The SMILES string of the molecule is COc1cc(Cl)c(C(Br)c2sccc2Br)cc1Cl. The first-order valence-electron chi connectivity index (χ1n) is 4.94. The number of hydrogen-bond donors (Lipinski definition) is 0. The third-order valence-corrected chi connectivity index (χ3v) is 6.23. The third-order valence-electron chi connectivity index (χ3n) is 2.42. The van der Waals surface area contributed by atoms with Gasteiger partial charge in [-0.3, -0.25) is 0 Å². The second kappa shape index (κ2) is 6.14. The summed E-state index contributed by atoms with van der Waals surface area (Å²) in [6, 6.07) is 5.57. The molecule has 0 radical (unpaired) electrons. The highest BCUT2D eigenvalue weighted by molar-refractivity contribution is 9.11. The summed E-state index contributed by atoms with van der Waals surface area (Å²) in [5.41, 5.74) is 0.922. The molecule has 0 aliphatic heterocycles. The maximum Gasteiger partial charge on any atom is 0.138 e. The van der Waals surface area contributed by atoms with E-state index in [0.717, 1.165) is 14.9 Å². The molecule has 0 saturated heterocycles. The minimum atomic E-state index is 0.00258. The van der Waals surface area contributed by atoms with Crippen molar-refractivity contribution in [3.05, 3.63) is 48.5 Å². The van der Waals surface area contributed by atoms with Gasteiger partial charge in [0.25, 0.3) is 0 Å². The van der Waals surface area contributed by atoms with E-state index < -0.39 is 0 Å². The molecule has 1 aromatic heterocycles. The lowest BCUT2D eigenvalue weighted by Crippen LogP contribution is -1.94. The van der Waals surface area contributed by atoms with Gasteiger partial charge in [0.05, 0.1) is 17.0 Å². The zero-order valence-corrected chi connectivity index (χ0v) is 14.7. The molecule has 0 spiro atoms. The Labute approximate surface area is 136 Å². The van der Waals surface area contributed by atoms with Gasteiger partial charge in [-0.05, 0) is 39.0 Å². The summed E-state index contributed by atoms with van der Waals surface area (Å²) in [6.07, 6.45) is 0. The summed E-state index contributed by atoms with van der Waals surface area (Å²) < 4.78 is 6.19.